The zero-order valence-electron chi connectivity index (χ0n) is 20.4. The van der Waals surface area contributed by atoms with Gasteiger partial charge in [-0.25, -0.2) is 0 Å². The Morgan fingerprint density at radius 3 is 2.19 bits per heavy atom. The maximum absolute atomic E-state index is 11.9. The van der Waals surface area contributed by atoms with Crippen molar-refractivity contribution in [1.29, 1.82) is 0 Å². The van der Waals surface area contributed by atoms with E-state index in [1.165, 1.54) is 6.92 Å². The van der Waals surface area contributed by atoms with Gasteiger partial charge in [-0.3, -0.25) is 4.79 Å². The van der Waals surface area contributed by atoms with Gasteiger partial charge in [0.25, 0.3) is 0 Å². The Morgan fingerprint density at radius 2 is 1.51 bits per heavy atom. The van der Waals surface area contributed by atoms with E-state index in [-0.39, 0.29) is 0 Å². The lowest BCUT2D eigenvalue weighted by Crippen LogP contribution is -2.68. The first kappa shape index (κ1) is 27.6. The fourth-order valence-corrected chi connectivity index (χ4v) is 4.61. The molecule has 12 heteroatoms. The molecule has 0 aliphatic carbocycles. The number of carbonyl (C=O) groups is 1. The van der Waals surface area contributed by atoms with Crippen LogP contribution in [0.4, 0.5) is 0 Å². The van der Waals surface area contributed by atoms with Crippen LogP contribution >= 0.6 is 0 Å². The highest BCUT2D eigenvalue weighted by atomic mass is 16.7. The molecule has 2 aromatic rings. The molecule has 2 aliphatic heterocycles. The molecule has 0 radical (unpaired) electrons. The summed E-state index contributed by atoms with van der Waals surface area (Å²) < 4.78 is 22.9. The molecule has 0 spiro atoms. The number of rotatable bonds is 7. The molecular formula is C25H33NO11. The van der Waals surface area contributed by atoms with Crippen molar-refractivity contribution in [2.75, 3.05) is 13.2 Å². The van der Waals surface area contributed by atoms with E-state index in [9.17, 15) is 35.4 Å². The molecular weight excluding hydrogens is 490 g/mol. The SMILES string of the molecule is CC(=O)NC1C(Oc2ccc3cc(C)ccc3c2)OC(CO)C(OC2OC(CO)C(O)C(O)C2O)C1O. The van der Waals surface area contributed by atoms with Crippen LogP contribution in [0.3, 0.4) is 0 Å². The van der Waals surface area contributed by atoms with Gasteiger partial charge in [-0.1, -0.05) is 29.8 Å². The number of fused-ring (bicyclic) bond motifs is 1. The first-order valence-corrected chi connectivity index (χ1v) is 12.0. The van der Waals surface area contributed by atoms with Gasteiger partial charge in [0.1, 0.15) is 54.5 Å². The number of hydrogen-bond acceptors (Lipinski definition) is 11. The number of benzene rings is 2. The van der Waals surface area contributed by atoms with E-state index in [1.807, 2.05) is 31.2 Å². The van der Waals surface area contributed by atoms with E-state index in [1.54, 1.807) is 12.1 Å². The molecule has 4 rings (SSSR count). The van der Waals surface area contributed by atoms with Gasteiger partial charge in [-0.05, 0) is 29.8 Å². The van der Waals surface area contributed by atoms with Crippen molar-refractivity contribution in [3.63, 3.8) is 0 Å². The molecule has 2 aromatic carbocycles. The van der Waals surface area contributed by atoms with Crippen LogP contribution < -0.4 is 10.1 Å². The van der Waals surface area contributed by atoms with Gasteiger partial charge in [0, 0.05) is 6.92 Å². The van der Waals surface area contributed by atoms with E-state index < -0.39 is 80.5 Å². The predicted molar refractivity (Wildman–Crippen MR) is 127 cm³/mol. The topological polar surface area (TPSA) is 187 Å². The predicted octanol–water partition coefficient (Wildman–Crippen LogP) is -1.71. The van der Waals surface area contributed by atoms with Crippen molar-refractivity contribution >= 4 is 16.7 Å². The Morgan fingerprint density at radius 1 is 0.865 bits per heavy atom. The van der Waals surface area contributed by atoms with E-state index in [4.69, 9.17) is 18.9 Å². The van der Waals surface area contributed by atoms with Crippen LogP contribution in [0, 0.1) is 6.92 Å². The number of carbonyl (C=O) groups excluding carboxylic acids is 1. The second kappa shape index (κ2) is 11.6. The molecule has 2 heterocycles. The van der Waals surface area contributed by atoms with Crippen molar-refractivity contribution in [2.45, 2.75) is 75.2 Å². The summed E-state index contributed by atoms with van der Waals surface area (Å²) in [5.41, 5.74) is 1.10. The van der Waals surface area contributed by atoms with Gasteiger partial charge in [-0.2, -0.15) is 0 Å². The van der Waals surface area contributed by atoms with Gasteiger partial charge in [-0.15, -0.1) is 0 Å². The quantitative estimate of drug-likeness (QED) is 0.219. The van der Waals surface area contributed by atoms with Crippen molar-refractivity contribution in [3.05, 3.63) is 42.0 Å². The normalized spacial score (nSPS) is 36.3. The van der Waals surface area contributed by atoms with Crippen molar-refractivity contribution in [2.24, 2.45) is 0 Å². The summed E-state index contributed by atoms with van der Waals surface area (Å²) in [7, 11) is 0. The fraction of sp³-hybridized carbons (Fsp3) is 0.560. The Balaban J connectivity index is 1.56. The number of ether oxygens (including phenoxy) is 4. The molecule has 1 amide bonds. The minimum absolute atomic E-state index is 0.397. The van der Waals surface area contributed by atoms with E-state index >= 15 is 0 Å². The summed E-state index contributed by atoms with van der Waals surface area (Å²) in [4.78, 5) is 11.9. The Labute approximate surface area is 213 Å². The first-order valence-electron chi connectivity index (χ1n) is 12.0. The third-order valence-electron chi connectivity index (χ3n) is 6.58. The minimum Gasteiger partial charge on any atom is -0.463 e. The molecule has 37 heavy (non-hydrogen) atoms. The maximum Gasteiger partial charge on any atom is 0.223 e. The van der Waals surface area contributed by atoms with Crippen LogP contribution in [-0.4, -0.2) is 111 Å². The first-order chi connectivity index (χ1) is 17.6. The number of aliphatic hydroxyl groups is 6. The maximum atomic E-state index is 11.9. The Hall–Kier alpha value is -2.39. The highest BCUT2D eigenvalue weighted by molar-refractivity contribution is 5.84. The number of hydrogen-bond donors (Lipinski definition) is 7. The standard InChI is InChI=1S/C25H33NO11/c1-11-3-4-14-8-15(6-5-13(14)7-11)34-24-18(26-12(2)29)20(31)23(17(10-28)36-24)37-25-22(33)21(32)19(30)16(9-27)35-25/h3-8,16-25,27-28,30-33H,9-10H2,1-2H3,(H,26,29). The van der Waals surface area contributed by atoms with Crippen LogP contribution in [0.15, 0.2) is 36.4 Å². The van der Waals surface area contributed by atoms with Gasteiger partial charge >= 0.3 is 0 Å². The molecule has 2 saturated heterocycles. The number of nitrogens with one attached hydrogen (secondary N) is 1. The molecule has 10 unspecified atom stereocenters. The van der Waals surface area contributed by atoms with Crippen LogP contribution in [0.2, 0.25) is 0 Å². The highest BCUT2D eigenvalue weighted by Gasteiger charge is 2.51. The second-order valence-electron chi connectivity index (χ2n) is 9.37. The van der Waals surface area contributed by atoms with Crippen LogP contribution in [-0.2, 0) is 19.0 Å². The lowest BCUT2D eigenvalue weighted by atomic mass is 9.95. The molecule has 0 aromatic heterocycles. The number of amides is 1. The van der Waals surface area contributed by atoms with Crippen LogP contribution in [0.5, 0.6) is 5.75 Å². The fourth-order valence-electron chi connectivity index (χ4n) is 4.61. The monoisotopic (exact) mass is 523 g/mol. The summed E-state index contributed by atoms with van der Waals surface area (Å²) in [6.07, 6.45) is -13.2. The molecule has 10 atom stereocenters. The molecule has 7 N–H and O–H groups in total. The van der Waals surface area contributed by atoms with Gasteiger partial charge in [0.05, 0.1) is 13.2 Å². The lowest BCUT2D eigenvalue weighted by Gasteiger charge is -2.47. The summed E-state index contributed by atoms with van der Waals surface area (Å²) >= 11 is 0. The third kappa shape index (κ3) is 5.87. The summed E-state index contributed by atoms with van der Waals surface area (Å²) in [6.45, 7) is 1.92. The summed E-state index contributed by atoms with van der Waals surface area (Å²) in [5, 5.41) is 65.5. The minimum atomic E-state index is -1.74. The van der Waals surface area contributed by atoms with E-state index in [0.29, 0.717) is 5.75 Å². The van der Waals surface area contributed by atoms with Crippen molar-refractivity contribution in [3.8, 4) is 5.75 Å². The highest BCUT2D eigenvalue weighted by Crippen LogP contribution is 2.31. The van der Waals surface area contributed by atoms with Gasteiger partial charge in [0.15, 0.2) is 6.29 Å². The smallest absolute Gasteiger partial charge is 0.223 e. The van der Waals surface area contributed by atoms with E-state index in [0.717, 1.165) is 16.3 Å². The summed E-state index contributed by atoms with van der Waals surface area (Å²) in [5.74, 6) is -0.0989. The van der Waals surface area contributed by atoms with Crippen LogP contribution in [0.25, 0.3) is 10.8 Å². The average molecular weight is 524 g/mol. The third-order valence-corrected chi connectivity index (χ3v) is 6.58. The molecule has 2 fully saturated rings. The van der Waals surface area contributed by atoms with Crippen molar-refractivity contribution < 1.29 is 54.4 Å². The zero-order chi connectivity index (χ0) is 26.9. The molecule has 12 nitrogen and oxygen atoms in total. The van der Waals surface area contributed by atoms with E-state index in [2.05, 4.69) is 5.32 Å². The molecule has 0 bridgehead atoms. The molecule has 0 saturated carbocycles. The largest absolute Gasteiger partial charge is 0.463 e. The number of aliphatic hydroxyl groups excluding tert-OH is 6. The molecule has 204 valence electrons. The van der Waals surface area contributed by atoms with Crippen molar-refractivity contribution in [1.82, 2.24) is 5.32 Å². The average Bonchev–Trinajstić information content (AvgIpc) is 2.87. The second-order valence-corrected chi connectivity index (χ2v) is 9.37. The van der Waals surface area contributed by atoms with Gasteiger partial charge in [0.2, 0.25) is 12.2 Å². The van der Waals surface area contributed by atoms with Gasteiger partial charge < -0.3 is 54.9 Å². The lowest BCUT2D eigenvalue weighted by molar-refractivity contribution is -0.343. The Kier molecular flexibility index (Phi) is 8.63. The summed E-state index contributed by atoms with van der Waals surface area (Å²) in [6, 6.07) is 10.1. The molecule has 2 aliphatic rings. The zero-order valence-corrected chi connectivity index (χ0v) is 20.4. The van der Waals surface area contributed by atoms with Crippen LogP contribution in [0.1, 0.15) is 12.5 Å². The Bertz CT molecular complexity index is 1080. The number of aryl methyl sites for hydroxylation is 1.